The Labute approximate surface area is 77.2 Å². The molecule has 1 aromatic heterocycles. The molecule has 13 heavy (non-hydrogen) atoms. The van der Waals surface area contributed by atoms with Gasteiger partial charge in [-0.15, -0.1) is 0 Å². The number of quaternary nitrogens is 1. The minimum absolute atomic E-state index is 0.163. The zero-order valence-corrected chi connectivity index (χ0v) is 8.04. The second-order valence-corrected chi connectivity index (χ2v) is 3.59. The molecule has 4 heteroatoms. The maximum Gasteiger partial charge on any atom is 0.263 e. The van der Waals surface area contributed by atoms with Gasteiger partial charge in [-0.05, 0) is 19.0 Å². The van der Waals surface area contributed by atoms with Gasteiger partial charge in [-0.25, -0.2) is 0 Å². The molecule has 0 fully saturated rings. The van der Waals surface area contributed by atoms with Crippen LogP contribution in [0.3, 0.4) is 0 Å². The fraction of sp³-hybridized carbons (Fsp3) is 0.667. The number of hydrogen-bond donors (Lipinski definition) is 1. The van der Waals surface area contributed by atoms with Crippen LogP contribution in [0.4, 0.5) is 0 Å². The van der Waals surface area contributed by atoms with Crippen LogP contribution >= 0.6 is 0 Å². The molecular formula is C9H15N2O2+. The van der Waals surface area contributed by atoms with Crippen molar-refractivity contribution >= 4 is 0 Å². The maximum absolute atomic E-state index is 5.53. The van der Waals surface area contributed by atoms with Crippen LogP contribution in [-0.4, -0.2) is 17.8 Å². The molecule has 0 saturated heterocycles. The number of nitrogens with two attached hydrogens (primary N) is 1. The lowest BCUT2D eigenvalue weighted by atomic mass is 10.1. The zero-order chi connectivity index (χ0) is 9.26. The molecular weight excluding hydrogens is 168 g/mol. The fourth-order valence-corrected chi connectivity index (χ4v) is 1.52. The second-order valence-electron chi connectivity index (χ2n) is 3.59. The van der Waals surface area contributed by atoms with Crippen LogP contribution in [0.25, 0.3) is 0 Å². The minimum Gasteiger partial charge on any atom is -0.472 e. The molecule has 0 atom stereocenters. The van der Waals surface area contributed by atoms with Crippen LogP contribution in [0.5, 0.6) is 5.88 Å². The van der Waals surface area contributed by atoms with Crippen molar-refractivity contribution in [3.63, 3.8) is 0 Å². The molecule has 0 aliphatic carbocycles. The Hall–Kier alpha value is -1.03. The van der Waals surface area contributed by atoms with E-state index in [1.165, 1.54) is 0 Å². The van der Waals surface area contributed by atoms with Gasteiger partial charge in [0.15, 0.2) is 5.76 Å². The van der Waals surface area contributed by atoms with E-state index in [1.807, 2.05) is 13.8 Å². The number of fused-ring (bicyclic) bond motifs is 1. The highest BCUT2D eigenvalue weighted by Gasteiger charge is 2.23. The van der Waals surface area contributed by atoms with E-state index in [-0.39, 0.29) is 6.10 Å². The van der Waals surface area contributed by atoms with Crippen molar-refractivity contribution in [2.45, 2.75) is 32.9 Å². The van der Waals surface area contributed by atoms with Gasteiger partial charge in [0, 0.05) is 0 Å². The van der Waals surface area contributed by atoms with Crippen LogP contribution in [0.1, 0.15) is 25.2 Å². The summed E-state index contributed by atoms with van der Waals surface area (Å²) in [4.78, 5) is 0. The van der Waals surface area contributed by atoms with Crippen LogP contribution in [0.15, 0.2) is 4.52 Å². The van der Waals surface area contributed by atoms with E-state index in [4.69, 9.17) is 9.26 Å². The van der Waals surface area contributed by atoms with Crippen molar-refractivity contribution in [1.29, 1.82) is 0 Å². The molecule has 0 saturated carbocycles. The molecule has 2 rings (SSSR count). The topological polar surface area (TPSA) is 51.9 Å². The molecule has 0 radical (unpaired) electrons. The van der Waals surface area contributed by atoms with Gasteiger partial charge < -0.3 is 14.6 Å². The first-order valence-corrected chi connectivity index (χ1v) is 4.73. The summed E-state index contributed by atoms with van der Waals surface area (Å²) in [6.07, 6.45) is 1.13. The molecule has 4 nitrogen and oxygen atoms in total. The van der Waals surface area contributed by atoms with Crippen molar-refractivity contribution in [2.75, 3.05) is 6.54 Å². The highest BCUT2D eigenvalue weighted by atomic mass is 16.5. The quantitative estimate of drug-likeness (QED) is 0.706. The molecule has 2 N–H and O–H groups in total. The third-order valence-corrected chi connectivity index (χ3v) is 2.10. The number of aromatic nitrogens is 1. The summed E-state index contributed by atoms with van der Waals surface area (Å²) in [6.45, 7) is 6.01. The van der Waals surface area contributed by atoms with Crippen molar-refractivity contribution in [2.24, 2.45) is 0 Å². The van der Waals surface area contributed by atoms with E-state index in [1.54, 1.807) is 0 Å². The number of nitrogens with zero attached hydrogens (tertiary/aromatic N) is 1. The molecule has 1 aliphatic heterocycles. The number of ether oxygens (including phenoxy) is 1. The SMILES string of the molecule is CC(C)Oc1noc2c1C[NH2+]CC2. The van der Waals surface area contributed by atoms with Crippen LogP contribution in [0, 0.1) is 0 Å². The molecule has 0 unspecified atom stereocenters. The lowest BCUT2D eigenvalue weighted by Crippen LogP contribution is -2.84. The first-order valence-electron chi connectivity index (χ1n) is 4.73. The van der Waals surface area contributed by atoms with E-state index in [2.05, 4.69) is 10.5 Å². The molecule has 72 valence electrons. The largest absolute Gasteiger partial charge is 0.472 e. The monoisotopic (exact) mass is 183 g/mol. The molecule has 2 heterocycles. The van der Waals surface area contributed by atoms with Gasteiger partial charge in [0.2, 0.25) is 0 Å². The van der Waals surface area contributed by atoms with E-state index >= 15 is 0 Å². The number of rotatable bonds is 2. The lowest BCUT2D eigenvalue weighted by molar-refractivity contribution is -0.673. The Morgan fingerprint density at radius 1 is 1.54 bits per heavy atom. The normalized spacial score (nSPS) is 15.9. The first kappa shape index (κ1) is 8.56. The summed E-state index contributed by atoms with van der Waals surface area (Å²) in [5.74, 6) is 1.68. The van der Waals surface area contributed by atoms with Crippen LogP contribution in [0.2, 0.25) is 0 Å². The van der Waals surface area contributed by atoms with Crippen molar-refractivity contribution in [3.8, 4) is 5.88 Å². The Kier molecular flexibility index (Phi) is 2.22. The van der Waals surface area contributed by atoms with Gasteiger partial charge in [-0.3, -0.25) is 0 Å². The summed E-state index contributed by atoms with van der Waals surface area (Å²) in [5.41, 5.74) is 1.14. The first-order chi connectivity index (χ1) is 6.27. The fourth-order valence-electron chi connectivity index (χ4n) is 1.52. The molecule has 0 amide bonds. The molecule has 0 bridgehead atoms. The third-order valence-electron chi connectivity index (χ3n) is 2.10. The van der Waals surface area contributed by atoms with Crippen molar-refractivity contribution in [1.82, 2.24) is 5.16 Å². The Morgan fingerprint density at radius 2 is 2.38 bits per heavy atom. The van der Waals surface area contributed by atoms with Crippen LogP contribution < -0.4 is 10.1 Å². The van der Waals surface area contributed by atoms with Gasteiger partial charge in [-0.2, -0.15) is 0 Å². The summed E-state index contributed by atoms with van der Waals surface area (Å²) >= 11 is 0. The Balaban J connectivity index is 2.21. The maximum atomic E-state index is 5.53. The summed E-state index contributed by atoms with van der Waals surface area (Å²) < 4.78 is 10.7. The predicted molar refractivity (Wildman–Crippen MR) is 46.5 cm³/mol. The molecule has 0 spiro atoms. The standard InChI is InChI=1S/C9H14N2O2/c1-6(2)12-9-7-5-10-4-3-8(7)13-11-9/h6,10H,3-5H2,1-2H3/p+1. The van der Waals surface area contributed by atoms with Crippen molar-refractivity contribution in [3.05, 3.63) is 11.3 Å². The van der Waals surface area contributed by atoms with E-state index < -0.39 is 0 Å². The molecule has 0 aromatic carbocycles. The summed E-state index contributed by atoms with van der Waals surface area (Å²) in [7, 11) is 0. The lowest BCUT2D eigenvalue weighted by Gasteiger charge is -2.10. The third kappa shape index (κ3) is 1.67. The molecule has 1 aromatic rings. The summed E-state index contributed by atoms with van der Waals surface area (Å²) in [6, 6.07) is 0. The van der Waals surface area contributed by atoms with E-state index in [0.29, 0.717) is 5.88 Å². The highest BCUT2D eigenvalue weighted by molar-refractivity contribution is 5.28. The van der Waals surface area contributed by atoms with Crippen molar-refractivity contribution < 1.29 is 14.6 Å². The second kappa shape index (κ2) is 3.38. The van der Waals surface area contributed by atoms with Gasteiger partial charge in [0.05, 0.1) is 19.1 Å². The number of hydrogen-bond acceptors (Lipinski definition) is 3. The van der Waals surface area contributed by atoms with Gasteiger partial charge >= 0.3 is 0 Å². The zero-order valence-electron chi connectivity index (χ0n) is 8.04. The van der Waals surface area contributed by atoms with E-state index in [9.17, 15) is 0 Å². The predicted octanol–water partition coefficient (Wildman–Crippen LogP) is 0.0813. The average Bonchev–Trinajstić information content (AvgIpc) is 2.48. The van der Waals surface area contributed by atoms with Gasteiger partial charge in [0.25, 0.3) is 5.88 Å². The smallest absolute Gasteiger partial charge is 0.263 e. The Morgan fingerprint density at radius 3 is 3.15 bits per heavy atom. The van der Waals surface area contributed by atoms with E-state index in [0.717, 1.165) is 30.8 Å². The van der Waals surface area contributed by atoms with Gasteiger partial charge in [0.1, 0.15) is 12.1 Å². The van der Waals surface area contributed by atoms with Crippen LogP contribution in [-0.2, 0) is 13.0 Å². The van der Waals surface area contributed by atoms with Gasteiger partial charge in [-0.1, -0.05) is 0 Å². The average molecular weight is 183 g/mol. The molecule has 1 aliphatic rings. The Bertz CT molecular complexity index is 294. The highest BCUT2D eigenvalue weighted by Crippen LogP contribution is 2.22. The minimum atomic E-state index is 0.163. The summed E-state index contributed by atoms with van der Waals surface area (Å²) in [5, 5.41) is 6.16.